The summed E-state index contributed by atoms with van der Waals surface area (Å²) in [5.74, 6) is 1.30. The number of alkyl halides is 3. The number of amides is 2. The molecule has 3 aromatic rings. The molecule has 1 aliphatic carbocycles. The molecule has 7 nitrogen and oxygen atoms in total. The van der Waals surface area contributed by atoms with Gasteiger partial charge in [-0.2, -0.15) is 0 Å². The Morgan fingerprint density at radius 1 is 0.976 bits per heavy atom. The lowest BCUT2D eigenvalue weighted by molar-refractivity contribution is -0.274. The molecule has 1 aliphatic heterocycles. The maximum atomic E-state index is 13.7. The Morgan fingerprint density at radius 3 is 2.43 bits per heavy atom. The Balaban J connectivity index is 1.45. The van der Waals surface area contributed by atoms with Crippen LogP contribution in [0.15, 0.2) is 85.0 Å². The SMILES string of the molecule is COc1cc2c(c(OC)c1)C(c1cccc(OC(F)(F)F)c1)N(C(=O)Nc1ccc(OC3(C)C=CC=CC3)cc1)CC2. The predicted octanol–water partition coefficient (Wildman–Crippen LogP) is 7.44. The molecule has 0 fully saturated rings. The number of nitrogens with zero attached hydrogens (tertiary/aromatic N) is 1. The van der Waals surface area contributed by atoms with Crippen LogP contribution < -0.4 is 24.3 Å². The first-order valence-electron chi connectivity index (χ1n) is 13.4. The van der Waals surface area contributed by atoms with Gasteiger partial charge in [-0.05, 0) is 73.0 Å². The van der Waals surface area contributed by atoms with E-state index in [2.05, 4.69) is 10.1 Å². The number of halogens is 3. The van der Waals surface area contributed by atoms with Crippen LogP contribution in [0.2, 0.25) is 0 Å². The third kappa shape index (κ3) is 6.48. The van der Waals surface area contributed by atoms with Crippen molar-refractivity contribution in [3.05, 3.63) is 102 Å². The first-order chi connectivity index (χ1) is 20.1. The van der Waals surface area contributed by atoms with Gasteiger partial charge in [0.15, 0.2) is 0 Å². The molecule has 0 radical (unpaired) electrons. The van der Waals surface area contributed by atoms with E-state index < -0.39 is 24.0 Å². The first kappa shape index (κ1) is 28.9. The normalized spacial score (nSPS) is 19.6. The lowest BCUT2D eigenvalue weighted by Crippen LogP contribution is -2.43. The standard InChI is InChI=1S/C32H31F3N2O5/c1-31(15-5-4-6-16-31)41-24-12-10-23(11-13-24)36-30(38)37-17-14-21-18-26(39-2)20-27(40-3)28(21)29(37)22-8-7-9-25(19-22)42-32(33,34)35/h4-13,15,18-20,29H,14,16-17H2,1-3H3,(H,36,38). The second-order valence-electron chi connectivity index (χ2n) is 10.2. The van der Waals surface area contributed by atoms with Gasteiger partial charge >= 0.3 is 12.4 Å². The smallest absolute Gasteiger partial charge is 0.497 e. The molecule has 220 valence electrons. The van der Waals surface area contributed by atoms with Gasteiger partial charge in [0.05, 0.1) is 20.3 Å². The Labute approximate surface area is 242 Å². The zero-order valence-electron chi connectivity index (χ0n) is 23.4. The van der Waals surface area contributed by atoms with Crippen LogP contribution in [0, 0.1) is 0 Å². The molecule has 10 heteroatoms. The average molecular weight is 581 g/mol. The number of allylic oxidation sites excluding steroid dienone is 2. The zero-order valence-corrected chi connectivity index (χ0v) is 23.4. The summed E-state index contributed by atoms with van der Waals surface area (Å²) >= 11 is 0. The van der Waals surface area contributed by atoms with Crippen molar-refractivity contribution in [3.8, 4) is 23.0 Å². The fraction of sp³-hybridized carbons (Fsp3) is 0.281. The number of fused-ring (bicyclic) bond motifs is 1. The van der Waals surface area contributed by atoms with Crippen LogP contribution in [0.5, 0.6) is 23.0 Å². The molecule has 0 spiro atoms. The molecule has 0 saturated carbocycles. The van der Waals surface area contributed by atoms with Gasteiger partial charge in [0, 0.05) is 30.3 Å². The molecule has 2 amide bonds. The largest absolute Gasteiger partial charge is 0.573 e. The van der Waals surface area contributed by atoms with Gasteiger partial charge in [-0.15, -0.1) is 13.2 Å². The molecule has 1 N–H and O–H groups in total. The highest BCUT2D eigenvalue weighted by Gasteiger charge is 2.36. The maximum absolute atomic E-state index is 13.7. The number of ether oxygens (including phenoxy) is 4. The third-order valence-corrected chi connectivity index (χ3v) is 7.21. The summed E-state index contributed by atoms with van der Waals surface area (Å²) in [6.45, 7) is 2.29. The van der Waals surface area contributed by atoms with Gasteiger partial charge in [0.25, 0.3) is 0 Å². The minimum atomic E-state index is -4.86. The molecule has 42 heavy (non-hydrogen) atoms. The van der Waals surface area contributed by atoms with Crippen LogP contribution in [-0.4, -0.2) is 43.7 Å². The topological polar surface area (TPSA) is 69.3 Å². The molecule has 2 atom stereocenters. The maximum Gasteiger partial charge on any atom is 0.573 e. The Bertz CT molecular complexity index is 1490. The average Bonchev–Trinajstić information content (AvgIpc) is 2.96. The predicted molar refractivity (Wildman–Crippen MR) is 152 cm³/mol. The van der Waals surface area contributed by atoms with Gasteiger partial charge in [-0.3, -0.25) is 0 Å². The number of hydrogen-bond donors (Lipinski definition) is 1. The lowest BCUT2D eigenvalue weighted by Gasteiger charge is -2.38. The lowest BCUT2D eigenvalue weighted by atomic mass is 9.87. The quantitative estimate of drug-likeness (QED) is 0.315. The molecule has 0 aromatic heterocycles. The van der Waals surface area contributed by atoms with Crippen molar-refractivity contribution in [2.45, 2.75) is 37.8 Å². The summed E-state index contributed by atoms with van der Waals surface area (Å²) in [4.78, 5) is 15.3. The Hall–Kier alpha value is -4.60. The van der Waals surface area contributed by atoms with Crippen LogP contribution in [0.3, 0.4) is 0 Å². The molecule has 2 unspecified atom stereocenters. The van der Waals surface area contributed by atoms with Crippen LogP contribution >= 0.6 is 0 Å². The number of methoxy groups -OCH3 is 2. The number of carbonyl (C=O) groups is 1. The van der Waals surface area contributed by atoms with Crippen LogP contribution in [0.25, 0.3) is 0 Å². The van der Waals surface area contributed by atoms with Crippen LogP contribution in [-0.2, 0) is 6.42 Å². The number of urea groups is 1. The van der Waals surface area contributed by atoms with Gasteiger partial charge in [-0.25, -0.2) is 4.79 Å². The Kier molecular flexibility index (Phi) is 8.06. The molecule has 0 bridgehead atoms. The molecule has 2 aliphatic rings. The molecular weight excluding hydrogens is 549 g/mol. The minimum Gasteiger partial charge on any atom is -0.497 e. The van der Waals surface area contributed by atoms with Crippen molar-refractivity contribution >= 4 is 11.7 Å². The summed E-state index contributed by atoms with van der Waals surface area (Å²) in [6, 6.07) is 15.1. The van der Waals surface area contributed by atoms with Gasteiger partial charge in [0.2, 0.25) is 0 Å². The van der Waals surface area contributed by atoms with Crippen molar-refractivity contribution in [1.29, 1.82) is 0 Å². The van der Waals surface area contributed by atoms with Crippen LogP contribution in [0.1, 0.15) is 36.1 Å². The van der Waals surface area contributed by atoms with E-state index in [1.54, 1.807) is 48.4 Å². The molecule has 1 heterocycles. The number of carbonyl (C=O) groups excluding carboxylic acids is 1. The van der Waals surface area contributed by atoms with E-state index >= 15 is 0 Å². The second-order valence-corrected chi connectivity index (χ2v) is 10.2. The number of anilines is 1. The minimum absolute atomic E-state index is 0.295. The van der Waals surface area contributed by atoms with E-state index in [4.69, 9.17) is 14.2 Å². The summed E-state index contributed by atoms with van der Waals surface area (Å²) in [6.07, 6.45) is 4.32. The van der Waals surface area contributed by atoms with Crippen LogP contribution in [0.4, 0.5) is 23.7 Å². The molecule has 0 saturated heterocycles. The van der Waals surface area contributed by atoms with E-state index in [1.807, 2.05) is 37.3 Å². The van der Waals surface area contributed by atoms with Crippen molar-refractivity contribution in [3.63, 3.8) is 0 Å². The fourth-order valence-corrected chi connectivity index (χ4v) is 5.29. The van der Waals surface area contributed by atoms with Crippen molar-refractivity contribution in [2.75, 3.05) is 26.1 Å². The number of hydrogen-bond acceptors (Lipinski definition) is 5. The van der Waals surface area contributed by atoms with Gasteiger partial charge in [0.1, 0.15) is 28.6 Å². The first-order valence-corrected chi connectivity index (χ1v) is 13.4. The second kappa shape index (κ2) is 11.7. The highest BCUT2D eigenvalue weighted by atomic mass is 19.4. The van der Waals surface area contributed by atoms with Gasteiger partial charge in [-0.1, -0.05) is 30.4 Å². The molecule has 5 rings (SSSR count). The summed E-state index contributed by atoms with van der Waals surface area (Å²) in [5.41, 5.74) is 2.04. The van der Waals surface area contributed by atoms with Crippen molar-refractivity contribution in [2.24, 2.45) is 0 Å². The fourth-order valence-electron chi connectivity index (χ4n) is 5.29. The highest BCUT2D eigenvalue weighted by molar-refractivity contribution is 5.90. The van der Waals surface area contributed by atoms with Gasteiger partial charge < -0.3 is 29.2 Å². The molecular formula is C32H31F3N2O5. The van der Waals surface area contributed by atoms with E-state index in [-0.39, 0.29) is 5.75 Å². The van der Waals surface area contributed by atoms with E-state index in [0.717, 1.165) is 12.0 Å². The van der Waals surface area contributed by atoms with E-state index in [0.29, 0.717) is 47.0 Å². The zero-order chi connectivity index (χ0) is 29.9. The Morgan fingerprint density at radius 2 is 1.76 bits per heavy atom. The third-order valence-electron chi connectivity index (χ3n) is 7.21. The van der Waals surface area contributed by atoms with Crippen molar-refractivity contribution in [1.82, 2.24) is 4.90 Å². The monoisotopic (exact) mass is 580 g/mol. The number of rotatable bonds is 7. The highest BCUT2D eigenvalue weighted by Crippen LogP contribution is 2.44. The van der Waals surface area contributed by atoms with E-state index in [9.17, 15) is 18.0 Å². The van der Waals surface area contributed by atoms with Crippen molar-refractivity contribution < 1.29 is 36.9 Å². The summed E-state index contributed by atoms with van der Waals surface area (Å²) < 4.78 is 60.5. The number of benzene rings is 3. The summed E-state index contributed by atoms with van der Waals surface area (Å²) in [7, 11) is 3.04. The van der Waals surface area contributed by atoms with E-state index in [1.165, 1.54) is 25.3 Å². The molecule has 3 aromatic carbocycles. The number of nitrogens with one attached hydrogen (secondary N) is 1. The summed E-state index contributed by atoms with van der Waals surface area (Å²) in [5, 5.41) is 2.92.